The Labute approximate surface area is 101 Å². The fraction of sp³-hybridized carbons (Fsp3) is 0.308. The van der Waals surface area contributed by atoms with E-state index < -0.39 is 0 Å². The van der Waals surface area contributed by atoms with Gasteiger partial charge >= 0.3 is 0 Å². The van der Waals surface area contributed by atoms with Crippen molar-refractivity contribution in [3.63, 3.8) is 0 Å². The number of pyridine rings is 1. The molecule has 1 atom stereocenters. The number of aryl methyl sites for hydroxylation is 1. The fourth-order valence-corrected chi connectivity index (χ4v) is 1.75. The average Bonchev–Trinajstić information content (AvgIpc) is 2.37. The number of rotatable bonds is 4. The minimum Gasteiger partial charge on any atom is -0.304 e. The molecule has 0 aromatic carbocycles. The molecule has 2 aromatic heterocycles. The number of hydrogen-bond acceptors (Lipinski definition) is 4. The lowest BCUT2D eigenvalue weighted by Gasteiger charge is -2.16. The second-order valence-electron chi connectivity index (χ2n) is 3.82. The number of nitrogens with zero attached hydrogens (tertiary/aromatic N) is 3. The Morgan fingerprint density at radius 2 is 2.12 bits per heavy atom. The summed E-state index contributed by atoms with van der Waals surface area (Å²) < 4.78 is 0. The molecule has 0 aliphatic rings. The maximum Gasteiger partial charge on any atom is 0.0940 e. The zero-order chi connectivity index (χ0) is 12.1. The number of nitrogens with one attached hydrogen (secondary N) is 1. The van der Waals surface area contributed by atoms with Gasteiger partial charge in [-0.2, -0.15) is 0 Å². The highest BCUT2D eigenvalue weighted by Gasteiger charge is 2.15. The van der Waals surface area contributed by atoms with E-state index in [1.54, 1.807) is 18.6 Å². The lowest BCUT2D eigenvalue weighted by Crippen LogP contribution is -2.24. The van der Waals surface area contributed by atoms with E-state index in [9.17, 15) is 0 Å². The van der Waals surface area contributed by atoms with Crippen molar-refractivity contribution in [1.82, 2.24) is 20.3 Å². The molecule has 1 unspecified atom stereocenters. The van der Waals surface area contributed by atoms with Crippen LogP contribution in [0.25, 0.3) is 0 Å². The van der Waals surface area contributed by atoms with Crippen LogP contribution in [0.4, 0.5) is 0 Å². The van der Waals surface area contributed by atoms with Crippen molar-refractivity contribution in [2.45, 2.75) is 19.9 Å². The minimum absolute atomic E-state index is 0.00796. The molecule has 2 heterocycles. The molecule has 4 nitrogen and oxygen atoms in total. The Morgan fingerprint density at radius 3 is 2.76 bits per heavy atom. The van der Waals surface area contributed by atoms with Crippen LogP contribution in [0.3, 0.4) is 0 Å². The largest absolute Gasteiger partial charge is 0.304 e. The van der Waals surface area contributed by atoms with Crippen LogP contribution in [0.1, 0.15) is 30.0 Å². The Hall–Kier alpha value is -1.81. The summed E-state index contributed by atoms with van der Waals surface area (Å²) in [4.78, 5) is 13.0. The van der Waals surface area contributed by atoms with Gasteiger partial charge < -0.3 is 5.32 Å². The molecule has 17 heavy (non-hydrogen) atoms. The van der Waals surface area contributed by atoms with E-state index in [-0.39, 0.29) is 6.04 Å². The summed E-state index contributed by atoms with van der Waals surface area (Å²) in [7, 11) is 0. The first kappa shape index (κ1) is 11.7. The highest BCUT2D eigenvalue weighted by molar-refractivity contribution is 5.21. The highest BCUT2D eigenvalue weighted by Crippen LogP contribution is 2.17. The van der Waals surface area contributed by atoms with Gasteiger partial charge in [-0.3, -0.25) is 15.0 Å². The maximum atomic E-state index is 4.54. The third kappa shape index (κ3) is 2.85. The second kappa shape index (κ2) is 5.50. The van der Waals surface area contributed by atoms with Crippen LogP contribution in [-0.2, 0) is 0 Å². The van der Waals surface area contributed by atoms with Crippen LogP contribution in [0.15, 0.2) is 36.8 Å². The van der Waals surface area contributed by atoms with Gasteiger partial charge in [0.15, 0.2) is 0 Å². The van der Waals surface area contributed by atoms with Gasteiger partial charge in [0.05, 0.1) is 23.6 Å². The standard InChI is InChI=1S/C13H16N4/c1-3-15-13(12-9-14-7-8-16-12)11-6-4-5-10(2)17-11/h4-9,13,15H,3H2,1-2H3. The van der Waals surface area contributed by atoms with Crippen LogP contribution in [-0.4, -0.2) is 21.5 Å². The van der Waals surface area contributed by atoms with Gasteiger partial charge in [-0.05, 0) is 25.6 Å². The molecule has 0 radical (unpaired) electrons. The van der Waals surface area contributed by atoms with E-state index in [4.69, 9.17) is 0 Å². The van der Waals surface area contributed by atoms with E-state index in [1.165, 1.54) is 0 Å². The molecule has 88 valence electrons. The van der Waals surface area contributed by atoms with Crippen molar-refractivity contribution in [3.8, 4) is 0 Å². The maximum absolute atomic E-state index is 4.54. The monoisotopic (exact) mass is 228 g/mol. The minimum atomic E-state index is 0.00796. The molecule has 2 aromatic rings. The normalized spacial score (nSPS) is 12.4. The predicted molar refractivity (Wildman–Crippen MR) is 66.5 cm³/mol. The third-order valence-electron chi connectivity index (χ3n) is 2.49. The second-order valence-corrected chi connectivity index (χ2v) is 3.82. The van der Waals surface area contributed by atoms with Crippen LogP contribution in [0, 0.1) is 6.92 Å². The smallest absolute Gasteiger partial charge is 0.0940 e. The Kier molecular flexibility index (Phi) is 3.77. The molecule has 0 bridgehead atoms. The first-order valence-corrected chi connectivity index (χ1v) is 5.74. The lowest BCUT2D eigenvalue weighted by atomic mass is 10.1. The quantitative estimate of drug-likeness (QED) is 0.868. The summed E-state index contributed by atoms with van der Waals surface area (Å²) in [5.41, 5.74) is 2.88. The molecule has 1 N–H and O–H groups in total. The zero-order valence-corrected chi connectivity index (χ0v) is 10.1. The van der Waals surface area contributed by atoms with Crippen molar-refractivity contribution in [2.75, 3.05) is 6.54 Å². The van der Waals surface area contributed by atoms with E-state index in [0.29, 0.717) is 0 Å². The summed E-state index contributed by atoms with van der Waals surface area (Å²) in [5, 5.41) is 3.38. The zero-order valence-electron chi connectivity index (χ0n) is 10.1. The van der Waals surface area contributed by atoms with Gasteiger partial charge in [0.25, 0.3) is 0 Å². The van der Waals surface area contributed by atoms with Crippen LogP contribution >= 0.6 is 0 Å². The Bertz CT molecular complexity index is 470. The average molecular weight is 228 g/mol. The number of hydrogen-bond donors (Lipinski definition) is 1. The van der Waals surface area contributed by atoms with Crippen LogP contribution in [0.5, 0.6) is 0 Å². The molecule has 0 saturated carbocycles. The first-order valence-electron chi connectivity index (χ1n) is 5.74. The van der Waals surface area contributed by atoms with Crippen LogP contribution in [0.2, 0.25) is 0 Å². The van der Waals surface area contributed by atoms with Gasteiger partial charge in [0.1, 0.15) is 0 Å². The summed E-state index contributed by atoms with van der Waals surface area (Å²) in [6, 6.07) is 6.02. The van der Waals surface area contributed by atoms with Gasteiger partial charge in [-0.25, -0.2) is 0 Å². The molecule has 0 amide bonds. The predicted octanol–water partition coefficient (Wildman–Crippen LogP) is 1.88. The highest BCUT2D eigenvalue weighted by atomic mass is 15.0. The molecular formula is C13H16N4. The van der Waals surface area contributed by atoms with Gasteiger partial charge in [0, 0.05) is 18.1 Å². The molecule has 0 spiro atoms. The van der Waals surface area contributed by atoms with E-state index in [0.717, 1.165) is 23.6 Å². The summed E-state index contributed by atoms with van der Waals surface area (Å²) in [6.45, 7) is 4.92. The molecule has 0 fully saturated rings. The van der Waals surface area contributed by atoms with E-state index in [2.05, 4.69) is 27.2 Å². The molecule has 0 saturated heterocycles. The molecule has 0 aliphatic heterocycles. The molecule has 4 heteroatoms. The topological polar surface area (TPSA) is 50.7 Å². The first-order chi connectivity index (χ1) is 8.31. The van der Waals surface area contributed by atoms with Gasteiger partial charge in [-0.15, -0.1) is 0 Å². The lowest BCUT2D eigenvalue weighted by molar-refractivity contribution is 0.597. The summed E-state index contributed by atoms with van der Waals surface area (Å²) >= 11 is 0. The third-order valence-corrected chi connectivity index (χ3v) is 2.49. The molecule has 0 aliphatic carbocycles. The van der Waals surface area contributed by atoms with Gasteiger partial charge in [0.2, 0.25) is 0 Å². The van der Waals surface area contributed by atoms with E-state index in [1.807, 2.05) is 25.1 Å². The number of aromatic nitrogens is 3. The van der Waals surface area contributed by atoms with Crippen molar-refractivity contribution in [3.05, 3.63) is 53.9 Å². The summed E-state index contributed by atoms with van der Waals surface area (Å²) in [6.07, 6.45) is 5.16. The van der Waals surface area contributed by atoms with Crippen molar-refractivity contribution in [2.24, 2.45) is 0 Å². The Morgan fingerprint density at radius 1 is 1.24 bits per heavy atom. The molecule has 2 rings (SSSR count). The Balaban J connectivity index is 2.35. The summed E-state index contributed by atoms with van der Waals surface area (Å²) in [5.74, 6) is 0. The van der Waals surface area contributed by atoms with Crippen molar-refractivity contribution >= 4 is 0 Å². The van der Waals surface area contributed by atoms with Crippen LogP contribution < -0.4 is 5.32 Å². The fourth-order valence-electron chi connectivity index (χ4n) is 1.75. The molecular weight excluding hydrogens is 212 g/mol. The van der Waals surface area contributed by atoms with Crippen molar-refractivity contribution < 1.29 is 0 Å². The van der Waals surface area contributed by atoms with E-state index >= 15 is 0 Å². The SMILES string of the molecule is CCNC(c1cnccn1)c1cccc(C)n1. The van der Waals surface area contributed by atoms with Crippen molar-refractivity contribution in [1.29, 1.82) is 0 Å². The van der Waals surface area contributed by atoms with Gasteiger partial charge in [-0.1, -0.05) is 13.0 Å².